The number of hydrogen-bond acceptors (Lipinski definition) is 1. The quantitative estimate of drug-likeness (QED) is 0.533. The second kappa shape index (κ2) is 1.94. The minimum Gasteiger partial charge on any atom is -0.270 e. The van der Waals surface area contributed by atoms with Gasteiger partial charge in [-0.05, 0) is 6.92 Å². The van der Waals surface area contributed by atoms with Crippen LogP contribution in [0.3, 0.4) is 0 Å². The lowest BCUT2D eigenvalue weighted by Crippen LogP contribution is -1.93. The van der Waals surface area contributed by atoms with Gasteiger partial charge in [0.1, 0.15) is 0 Å². The summed E-state index contributed by atoms with van der Waals surface area (Å²) in [6, 6.07) is 1.34. The zero-order valence-electron chi connectivity index (χ0n) is 4.63. The number of rotatable bonds is 1. The Labute approximate surface area is 46.9 Å². The molecule has 1 heterocycles. The van der Waals surface area contributed by atoms with Crippen LogP contribution in [0.4, 0.5) is 4.39 Å². The molecule has 2 nitrogen and oxygen atoms in total. The first-order valence-electron chi connectivity index (χ1n) is 2.52. The van der Waals surface area contributed by atoms with E-state index in [1.807, 2.05) is 6.92 Å². The highest BCUT2D eigenvalue weighted by Crippen LogP contribution is 1.89. The van der Waals surface area contributed by atoms with Gasteiger partial charge >= 0.3 is 0 Å². The lowest BCUT2D eigenvalue weighted by atomic mass is 10.7. The Morgan fingerprint density at radius 2 is 2.62 bits per heavy atom. The molecule has 0 aliphatic heterocycles. The molecule has 1 aromatic rings. The number of halogens is 1. The molecule has 0 aliphatic carbocycles. The molecule has 0 N–H and O–H groups in total. The lowest BCUT2D eigenvalue weighted by molar-refractivity contribution is 0.534. The van der Waals surface area contributed by atoms with Gasteiger partial charge in [-0.15, -0.1) is 5.10 Å². The molecular formula is C5H7FN2. The van der Waals surface area contributed by atoms with Crippen LogP contribution in [0.5, 0.6) is 0 Å². The fraction of sp³-hybridized carbons (Fsp3) is 0.400. The summed E-state index contributed by atoms with van der Waals surface area (Å²) in [6.07, 6.45) is 1.61. The van der Waals surface area contributed by atoms with Gasteiger partial charge in [-0.1, -0.05) is 0 Å². The van der Waals surface area contributed by atoms with Crippen LogP contribution in [0.15, 0.2) is 12.3 Å². The molecule has 8 heavy (non-hydrogen) atoms. The van der Waals surface area contributed by atoms with E-state index in [9.17, 15) is 4.39 Å². The van der Waals surface area contributed by atoms with Crippen molar-refractivity contribution in [1.29, 1.82) is 0 Å². The van der Waals surface area contributed by atoms with Crippen molar-refractivity contribution in [2.45, 2.75) is 13.5 Å². The Morgan fingerprint density at radius 3 is 2.88 bits per heavy atom. The summed E-state index contributed by atoms with van der Waals surface area (Å²) >= 11 is 0. The molecule has 44 valence electrons. The van der Waals surface area contributed by atoms with Gasteiger partial charge in [0.15, 0.2) is 0 Å². The monoisotopic (exact) mass is 114 g/mol. The fourth-order valence-electron chi connectivity index (χ4n) is 0.513. The molecule has 0 saturated heterocycles. The molecular weight excluding hydrogens is 107 g/mol. The molecule has 0 atom stereocenters. The maximum atomic E-state index is 12.0. The molecule has 0 bridgehead atoms. The second-order valence-corrected chi connectivity index (χ2v) is 1.49. The normalized spacial score (nSPS) is 9.75. The molecule has 0 saturated carbocycles. The van der Waals surface area contributed by atoms with E-state index in [2.05, 4.69) is 5.10 Å². The molecule has 1 rings (SSSR count). The van der Waals surface area contributed by atoms with Gasteiger partial charge in [0.2, 0.25) is 5.95 Å². The summed E-state index contributed by atoms with van der Waals surface area (Å²) in [7, 11) is 0. The predicted octanol–water partition coefficient (Wildman–Crippen LogP) is 1.04. The van der Waals surface area contributed by atoms with E-state index in [4.69, 9.17) is 0 Å². The Hall–Kier alpha value is -0.860. The summed E-state index contributed by atoms with van der Waals surface area (Å²) < 4.78 is 13.5. The van der Waals surface area contributed by atoms with Crippen molar-refractivity contribution < 1.29 is 4.39 Å². The molecule has 0 spiro atoms. The topological polar surface area (TPSA) is 17.8 Å². The maximum Gasteiger partial charge on any atom is 0.232 e. The van der Waals surface area contributed by atoms with Crippen molar-refractivity contribution in [2.24, 2.45) is 0 Å². The van der Waals surface area contributed by atoms with E-state index in [1.54, 1.807) is 6.20 Å². The van der Waals surface area contributed by atoms with Crippen LogP contribution in [0.25, 0.3) is 0 Å². The molecule has 1 aromatic heterocycles. The van der Waals surface area contributed by atoms with Crippen LogP contribution in [0.1, 0.15) is 6.92 Å². The van der Waals surface area contributed by atoms with Crippen molar-refractivity contribution in [3.63, 3.8) is 0 Å². The first-order valence-corrected chi connectivity index (χ1v) is 2.52. The van der Waals surface area contributed by atoms with Gasteiger partial charge in [0.05, 0.1) is 0 Å². The third-order valence-corrected chi connectivity index (χ3v) is 0.932. The number of nitrogens with zero attached hydrogens (tertiary/aromatic N) is 2. The molecule has 0 unspecified atom stereocenters. The molecule has 0 aromatic carbocycles. The smallest absolute Gasteiger partial charge is 0.232 e. The minimum absolute atomic E-state index is 0.410. The zero-order valence-corrected chi connectivity index (χ0v) is 4.63. The summed E-state index contributed by atoms with van der Waals surface area (Å²) in [6.45, 7) is 2.64. The SMILES string of the molecule is CCn1ccc(F)n1. The van der Waals surface area contributed by atoms with Crippen molar-refractivity contribution in [3.05, 3.63) is 18.2 Å². The number of aromatic nitrogens is 2. The van der Waals surface area contributed by atoms with E-state index in [0.717, 1.165) is 6.54 Å². The summed E-state index contributed by atoms with van der Waals surface area (Å²) in [5.41, 5.74) is 0. The summed E-state index contributed by atoms with van der Waals surface area (Å²) in [5, 5.41) is 3.48. The average molecular weight is 114 g/mol. The predicted molar refractivity (Wildman–Crippen MR) is 27.9 cm³/mol. The molecule has 0 radical (unpaired) electrons. The molecule has 0 amide bonds. The first kappa shape index (κ1) is 5.28. The number of hydrogen-bond donors (Lipinski definition) is 0. The van der Waals surface area contributed by atoms with Gasteiger partial charge < -0.3 is 0 Å². The van der Waals surface area contributed by atoms with Crippen LogP contribution in [-0.4, -0.2) is 9.78 Å². The second-order valence-electron chi connectivity index (χ2n) is 1.49. The van der Waals surface area contributed by atoms with Crippen molar-refractivity contribution in [3.8, 4) is 0 Å². The zero-order chi connectivity index (χ0) is 5.98. The van der Waals surface area contributed by atoms with Crippen LogP contribution in [-0.2, 0) is 6.54 Å². The highest BCUT2D eigenvalue weighted by Gasteiger charge is 1.90. The Morgan fingerprint density at radius 1 is 1.88 bits per heavy atom. The summed E-state index contributed by atoms with van der Waals surface area (Å²) in [4.78, 5) is 0. The molecule has 0 fully saturated rings. The first-order chi connectivity index (χ1) is 3.83. The molecule has 3 heteroatoms. The maximum absolute atomic E-state index is 12.0. The standard InChI is InChI=1S/C5H7FN2/c1-2-8-4-3-5(6)7-8/h3-4H,2H2,1H3. The van der Waals surface area contributed by atoms with Crippen molar-refractivity contribution >= 4 is 0 Å². The van der Waals surface area contributed by atoms with E-state index >= 15 is 0 Å². The van der Waals surface area contributed by atoms with Gasteiger partial charge in [-0.2, -0.15) is 4.39 Å². The van der Waals surface area contributed by atoms with Gasteiger partial charge in [0.25, 0.3) is 0 Å². The third-order valence-electron chi connectivity index (χ3n) is 0.932. The van der Waals surface area contributed by atoms with E-state index in [-0.39, 0.29) is 0 Å². The van der Waals surface area contributed by atoms with E-state index < -0.39 is 5.95 Å². The largest absolute Gasteiger partial charge is 0.270 e. The third kappa shape index (κ3) is 0.857. The highest BCUT2D eigenvalue weighted by atomic mass is 19.1. The Kier molecular flexibility index (Phi) is 1.28. The fourth-order valence-corrected chi connectivity index (χ4v) is 0.513. The Bertz CT molecular complexity index is 171. The van der Waals surface area contributed by atoms with Crippen molar-refractivity contribution in [2.75, 3.05) is 0 Å². The van der Waals surface area contributed by atoms with E-state index in [1.165, 1.54) is 10.7 Å². The van der Waals surface area contributed by atoms with Crippen LogP contribution < -0.4 is 0 Å². The minimum atomic E-state index is -0.410. The average Bonchev–Trinajstić information content (AvgIpc) is 2.14. The number of aryl methyl sites for hydroxylation is 1. The van der Waals surface area contributed by atoms with Gasteiger partial charge in [-0.3, -0.25) is 4.68 Å². The van der Waals surface area contributed by atoms with Crippen LogP contribution in [0.2, 0.25) is 0 Å². The summed E-state index contributed by atoms with van der Waals surface area (Å²) in [5.74, 6) is -0.410. The van der Waals surface area contributed by atoms with Crippen LogP contribution >= 0.6 is 0 Å². The highest BCUT2D eigenvalue weighted by molar-refractivity contribution is 4.81. The molecule has 0 aliphatic rings. The van der Waals surface area contributed by atoms with Gasteiger partial charge in [-0.25, -0.2) is 0 Å². The van der Waals surface area contributed by atoms with Gasteiger partial charge in [0, 0.05) is 18.8 Å². The Balaban J connectivity index is 2.84. The van der Waals surface area contributed by atoms with E-state index in [0.29, 0.717) is 0 Å². The van der Waals surface area contributed by atoms with Crippen molar-refractivity contribution in [1.82, 2.24) is 9.78 Å². The lowest BCUT2D eigenvalue weighted by Gasteiger charge is -1.87. The van der Waals surface area contributed by atoms with Crippen LogP contribution in [0, 0.1) is 5.95 Å².